The highest BCUT2D eigenvalue weighted by Crippen LogP contribution is 2.22. The highest BCUT2D eigenvalue weighted by molar-refractivity contribution is 7.99. The molecule has 1 aliphatic heterocycles. The highest BCUT2D eigenvalue weighted by Gasteiger charge is 2.25. The lowest BCUT2D eigenvalue weighted by Crippen LogP contribution is -2.41. The summed E-state index contributed by atoms with van der Waals surface area (Å²) in [5.74, 6) is 2.42. The van der Waals surface area contributed by atoms with Gasteiger partial charge in [0, 0.05) is 31.3 Å². The lowest BCUT2D eigenvalue weighted by Gasteiger charge is -2.26. The van der Waals surface area contributed by atoms with Gasteiger partial charge in [0.25, 0.3) is 0 Å². The number of carbonyl (C=O) groups is 1. The van der Waals surface area contributed by atoms with Gasteiger partial charge in [-0.2, -0.15) is 11.8 Å². The van der Waals surface area contributed by atoms with Crippen LogP contribution >= 0.6 is 24.2 Å². The molecule has 0 aromatic carbocycles. The van der Waals surface area contributed by atoms with Crippen molar-refractivity contribution in [1.82, 2.24) is 4.90 Å². The maximum Gasteiger partial charge on any atom is 0.226 e. The van der Waals surface area contributed by atoms with Gasteiger partial charge in [0.1, 0.15) is 0 Å². The second kappa shape index (κ2) is 6.53. The largest absolute Gasteiger partial charge is 0.342 e. The Morgan fingerprint density at radius 1 is 1.71 bits per heavy atom. The van der Waals surface area contributed by atoms with Gasteiger partial charge in [-0.1, -0.05) is 6.92 Å². The molecule has 1 aliphatic rings. The van der Waals surface area contributed by atoms with E-state index in [1.54, 1.807) is 0 Å². The van der Waals surface area contributed by atoms with E-state index in [1.165, 1.54) is 5.75 Å². The minimum atomic E-state index is -0.0319. The lowest BCUT2D eigenvalue weighted by molar-refractivity contribution is -0.135. The van der Waals surface area contributed by atoms with Crippen LogP contribution in [0.25, 0.3) is 0 Å². The van der Waals surface area contributed by atoms with Crippen LogP contribution in [-0.4, -0.2) is 41.9 Å². The maximum absolute atomic E-state index is 11.7. The molecule has 84 valence electrons. The minimum absolute atomic E-state index is 0. The molecule has 1 saturated heterocycles. The van der Waals surface area contributed by atoms with Crippen molar-refractivity contribution in [2.75, 3.05) is 25.1 Å². The van der Waals surface area contributed by atoms with Gasteiger partial charge in [-0.3, -0.25) is 4.79 Å². The van der Waals surface area contributed by atoms with E-state index in [9.17, 15) is 4.79 Å². The Kier molecular flexibility index (Phi) is 6.57. The Hall–Kier alpha value is 0.0700. The predicted molar refractivity (Wildman–Crippen MR) is 64.0 cm³/mol. The number of nitrogens with two attached hydrogens (primary N) is 1. The zero-order chi connectivity index (χ0) is 9.84. The molecule has 2 unspecified atom stereocenters. The average molecular weight is 239 g/mol. The van der Waals surface area contributed by atoms with Gasteiger partial charge in [-0.05, 0) is 12.2 Å². The number of halogens is 1. The third-order valence-corrected chi connectivity index (χ3v) is 3.72. The second-order valence-electron chi connectivity index (χ2n) is 3.60. The Bertz CT molecular complexity index is 186. The molecule has 0 aromatic rings. The van der Waals surface area contributed by atoms with E-state index in [-0.39, 0.29) is 24.2 Å². The van der Waals surface area contributed by atoms with Crippen LogP contribution in [0.3, 0.4) is 0 Å². The van der Waals surface area contributed by atoms with Crippen LogP contribution in [0.4, 0.5) is 0 Å². The zero-order valence-electron chi connectivity index (χ0n) is 8.73. The van der Waals surface area contributed by atoms with Crippen molar-refractivity contribution < 1.29 is 4.79 Å². The lowest BCUT2D eigenvalue weighted by atomic mass is 10.1. The number of hydrogen-bond donors (Lipinski definition) is 1. The number of nitrogens with zero attached hydrogens (tertiary/aromatic N) is 1. The second-order valence-corrected chi connectivity index (χ2v) is 4.75. The topological polar surface area (TPSA) is 46.3 Å². The number of amides is 1. The van der Waals surface area contributed by atoms with Gasteiger partial charge in [0.2, 0.25) is 5.91 Å². The number of carbonyl (C=O) groups excluding carboxylic acids is 1. The summed E-state index contributed by atoms with van der Waals surface area (Å²) in [5, 5.41) is 0. The third kappa shape index (κ3) is 3.33. The predicted octanol–water partition coefficient (Wildman–Crippen LogP) is 0.967. The van der Waals surface area contributed by atoms with Crippen molar-refractivity contribution >= 4 is 30.1 Å². The minimum Gasteiger partial charge on any atom is -0.342 e. The number of rotatable bonds is 3. The Morgan fingerprint density at radius 3 is 2.79 bits per heavy atom. The fourth-order valence-electron chi connectivity index (χ4n) is 1.46. The summed E-state index contributed by atoms with van der Waals surface area (Å²) in [6.07, 6.45) is 1.13. The molecule has 0 aliphatic carbocycles. The van der Waals surface area contributed by atoms with Gasteiger partial charge in [-0.15, -0.1) is 12.4 Å². The zero-order valence-corrected chi connectivity index (χ0v) is 10.4. The van der Waals surface area contributed by atoms with Gasteiger partial charge >= 0.3 is 0 Å². The van der Waals surface area contributed by atoms with Gasteiger partial charge in [0.15, 0.2) is 0 Å². The van der Waals surface area contributed by atoms with Crippen molar-refractivity contribution in [2.24, 2.45) is 11.7 Å². The van der Waals surface area contributed by atoms with Crippen LogP contribution < -0.4 is 5.73 Å². The molecule has 14 heavy (non-hydrogen) atoms. The smallest absolute Gasteiger partial charge is 0.226 e. The van der Waals surface area contributed by atoms with E-state index in [4.69, 9.17) is 5.73 Å². The summed E-state index contributed by atoms with van der Waals surface area (Å²) in [6.45, 7) is 2.34. The van der Waals surface area contributed by atoms with Crippen molar-refractivity contribution in [3.05, 3.63) is 0 Å². The first-order valence-corrected chi connectivity index (χ1v) is 5.86. The molecule has 0 spiro atoms. The Balaban J connectivity index is 0.00000169. The first-order valence-electron chi connectivity index (χ1n) is 4.71. The molecule has 1 rings (SSSR count). The van der Waals surface area contributed by atoms with Crippen LogP contribution in [0.15, 0.2) is 0 Å². The SMILES string of the molecule is CC(CN)C(=O)N(C)C1CCSC1.Cl. The van der Waals surface area contributed by atoms with Crippen LogP contribution in [0, 0.1) is 5.92 Å². The van der Waals surface area contributed by atoms with Crippen molar-refractivity contribution in [1.29, 1.82) is 0 Å². The van der Waals surface area contributed by atoms with Crippen LogP contribution in [-0.2, 0) is 4.79 Å². The molecule has 5 heteroatoms. The van der Waals surface area contributed by atoms with Gasteiger partial charge < -0.3 is 10.6 Å². The standard InChI is InChI=1S/C9H18N2OS.ClH/c1-7(5-10)9(12)11(2)8-3-4-13-6-8;/h7-8H,3-6,10H2,1-2H3;1H. The molecule has 2 N–H and O–H groups in total. The summed E-state index contributed by atoms with van der Waals surface area (Å²) in [7, 11) is 1.89. The van der Waals surface area contributed by atoms with E-state index >= 15 is 0 Å². The molecule has 0 radical (unpaired) electrons. The first-order chi connectivity index (χ1) is 6.16. The van der Waals surface area contributed by atoms with E-state index < -0.39 is 0 Å². The van der Waals surface area contributed by atoms with Gasteiger partial charge in [-0.25, -0.2) is 0 Å². The quantitative estimate of drug-likeness (QED) is 0.797. The Labute approximate surface area is 96.2 Å². The molecular formula is C9H19ClN2OS. The molecule has 1 heterocycles. The molecule has 0 bridgehead atoms. The van der Waals surface area contributed by atoms with Crippen LogP contribution in [0.1, 0.15) is 13.3 Å². The molecule has 1 fully saturated rings. The van der Waals surface area contributed by atoms with E-state index in [0.717, 1.165) is 12.2 Å². The van der Waals surface area contributed by atoms with E-state index in [0.29, 0.717) is 12.6 Å². The number of hydrogen-bond acceptors (Lipinski definition) is 3. The highest BCUT2D eigenvalue weighted by atomic mass is 35.5. The summed E-state index contributed by atoms with van der Waals surface area (Å²) < 4.78 is 0. The normalized spacial score (nSPS) is 22.6. The summed E-state index contributed by atoms with van der Waals surface area (Å²) >= 11 is 1.92. The van der Waals surface area contributed by atoms with Crippen molar-refractivity contribution in [3.63, 3.8) is 0 Å². The molecule has 2 atom stereocenters. The van der Waals surface area contributed by atoms with E-state index in [1.807, 2.05) is 30.6 Å². The fourth-order valence-corrected chi connectivity index (χ4v) is 2.72. The van der Waals surface area contributed by atoms with Crippen molar-refractivity contribution in [3.8, 4) is 0 Å². The summed E-state index contributed by atoms with van der Waals surface area (Å²) in [4.78, 5) is 13.6. The molecule has 0 saturated carbocycles. The third-order valence-electron chi connectivity index (χ3n) is 2.58. The van der Waals surface area contributed by atoms with E-state index in [2.05, 4.69) is 0 Å². The molecule has 1 amide bonds. The van der Waals surface area contributed by atoms with Gasteiger partial charge in [0.05, 0.1) is 0 Å². The van der Waals surface area contributed by atoms with Crippen LogP contribution in [0.5, 0.6) is 0 Å². The summed E-state index contributed by atoms with van der Waals surface area (Å²) in [5.41, 5.74) is 5.46. The average Bonchev–Trinajstić information content (AvgIpc) is 2.67. The summed E-state index contributed by atoms with van der Waals surface area (Å²) in [6, 6.07) is 0.437. The number of thioether (sulfide) groups is 1. The molecular weight excluding hydrogens is 220 g/mol. The fraction of sp³-hybridized carbons (Fsp3) is 0.889. The van der Waals surface area contributed by atoms with Crippen LogP contribution in [0.2, 0.25) is 0 Å². The monoisotopic (exact) mass is 238 g/mol. The molecule has 0 aromatic heterocycles. The first kappa shape index (κ1) is 14.1. The Morgan fingerprint density at radius 2 is 2.36 bits per heavy atom. The van der Waals surface area contributed by atoms with Crippen molar-refractivity contribution in [2.45, 2.75) is 19.4 Å². The maximum atomic E-state index is 11.7. The molecule has 3 nitrogen and oxygen atoms in total.